The number of hydrogen-bond donors (Lipinski definition) is 0. The second-order valence-corrected chi connectivity index (χ2v) is 9.53. The summed E-state index contributed by atoms with van der Waals surface area (Å²) in [5.74, 6) is 1.67. The Labute approximate surface area is 177 Å². The minimum Gasteiger partial charge on any atom is -0.308 e. The zero-order chi connectivity index (χ0) is 20.4. The second-order valence-electron chi connectivity index (χ2n) is 8.23. The molecule has 1 fully saturated rings. The third kappa shape index (κ3) is 4.00. The molecule has 1 aliphatic carbocycles. The van der Waals surface area contributed by atoms with Crippen molar-refractivity contribution in [2.75, 3.05) is 4.90 Å². The number of para-hydroxylation sites is 1. The van der Waals surface area contributed by atoms with Gasteiger partial charge in [0.25, 0.3) is 0 Å². The molecule has 1 aromatic heterocycles. The molecule has 0 bridgehead atoms. The molecular formula is C23H30N4OS. The number of rotatable bonds is 6. The van der Waals surface area contributed by atoms with E-state index in [4.69, 9.17) is 0 Å². The number of hydrogen-bond acceptors (Lipinski definition) is 4. The zero-order valence-electron chi connectivity index (χ0n) is 17.4. The maximum Gasteiger partial charge on any atom is 0.240 e. The smallest absolute Gasteiger partial charge is 0.240 e. The van der Waals surface area contributed by atoms with E-state index in [9.17, 15) is 4.79 Å². The van der Waals surface area contributed by atoms with Crippen LogP contribution in [0.25, 0.3) is 0 Å². The van der Waals surface area contributed by atoms with Gasteiger partial charge in [-0.2, -0.15) is 0 Å². The van der Waals surface area contributed by atoms with Crippen molar-refractivity contribution in [3.63, 3.8) is 0 Å². The van der Waals surface area contributed by atoms with Crippen molar-refractivity contribution >= 4 is 23.4 Å². The van der Waals surface area contributed by atoms with Crippen LogP contribution in [-0.4, -0.2) is 32.0 Å². The van der Waals surface area contributed by atoms with E-state index in [0.717, 1.165) is 23.1 Å². The summed E-state index contributed by atoms with van der Waals surface area (Å²) < 4.78 is 2.17. The fourth-order valence-electron chi connectivity index (χ4n) is 4.66. The van der Waals surface area contributed by atoms with Crippen molar-refractivity contribution in [1.82, 2.24) is 14.8 Å². The molecule has 0 radical (unpaired) electrons. The molecule has 0 saturated heterocycles. The normalized spacial score (nSPS) is 20.5. The van der Waals surface area contributed by atoms with Gasteiger partial charge in [-0.1, -0.05) is 55.3 Å². The Bertz CT molecular complexity index is 887. The van der Waals surface area contributed by atoms with Crippen LogP contribution in [0.3, 0.4) is 0 Å². The number of carbonyl (C=O) groups is 1. The van der Waals surface area contributed by atoms with Gasteiger partial charge in [0.1, 0.15) is 5.82 Å². The fourth-order valence-corrected chi connectivity index (χ4v) is 5.57. The van der Waals surface area contributed by atoms with Crippen molar-refractivity contribution in [3.05, 3.63) is 48.3 Å². The number of amides is 1. The predicted molar refractivity (Wildman–Crippen MR) is 118 cm³/mol. The number of anilines is 1. The summed E-state index contributed by atoms with van der Waals surface area (Å²) in [5, 5.41) is 9.62. The van der Waals surface area contributed by atoms with Gasteiger partial charge in [-0.3, -0.25) is 4.79 Å². The molecule has 2 heterocycles. The number of aromatic nitrogens is 3. The van der Waals surface area contributed by atoms with Gasteiger partial charge in [0, 0.05) is 24.2 Å². The molecule has 1 aliphatic heterocycles. The highest BCUT2D eigenvalue weighted by Gasteiger charge is 2.34. The predicted octanol–water partition coefficient (Wildman–Crippen LogP) is 4.97. The number of nitrogens with zero attached hydrogens (tertiary/aromatic N) is 4. The maximum atomic E-state index is 13.3. The average molecular weight is 411 g/mol. The van der Waals surface area contributed by atoms with Crippen LogP contribution in [0.5, 0.6) is 0 Å². The summed E-state index contributed by atoms with van der Waals surface area (Å²) in [4.78, 5) is 15.3. The lowest BCUT2D eigenvalue weighted by Gasteiger charge is -2.26. The quantitative estimate of drug-likeness (QED) is 0.498. The summed E-state index contributed by atoms with van der Waals surface area (Å²) in [5.41, 5.74) is 2.30. The minimum atomic E-state index is -0.226. The van der Waals surface area contributed by atoms with Gasteiger partial charge in [0.05, 0.1) is 5.25 Å². The summed E-state index contributed by atoms with van der Waals surface area (Å²) in [6.07, 6.45) is 9.00. The van der Waals surface area contributed by atoms with Crippen molar-refractivity contribution in [1.29, 1.82) is 0 Å². The first-order chi connectivity index (χ1) is 14.1. The summed E-state index contributed by atoms with van der Waals surface area (Å²) in [6, 6.07) is 8.41. The van der Waals surface area contributed by atoms with E-state index in [-0.39, 0.29) is 17.2 Å². The van der Waals surface area contributed by atoms with Crippen molar-refractivity contribution in [3.8, 4) is 0 Å². The van der Waals surface area contributed by atoms with E-state index < -0.39 is 0 Å². The lowest BCUT2D eigenvalue weighted by atomic mass is 9.89. The van der Waals surface area contributed by atoms with Gasteiger partial charge in [-0.15, -0.1) is 16.8 Å². The maximum absolute atomic E-state index is 13.3. The number of benzene rings is 1. The molecule has 1 aromatic carbocycles. The Morgan fingerprint density at radius 2 is 2.03 bits per heavy atom. The van der Waals surface area contributed by atoms with Crippen LogP contribution in [0, 0.1) is 0 Å². The zero-order valence-corrected chi connectivity index (χ0v) is 18.2. The van der Waals surface area contributed by atoms with Crippen LogP contribution in [0.4, 0.5) is 5.69 Å². The molecule has 6 heteroatoms. The standard InChI is InChI=1S/C23H30N4OS/c1-4-14-26-21(18-10-6-5-7-11-18)24-25-23(26)29-17(3)22(28)27-16(2)15-19-12-8-9-13-20(19)27/h4,8-9,12-13,16-18H,1,5-7,10-11,14-15H2,2-3H3/t16-,17+/m1/s1. The third-order valence-corrected chi connectivity index (χ3v) is 7.17. The van der Waals surface area contributed by atoms with E-state index >= 15 is 0 Å². The largest absolute Gasteiger partial charge is 0.308 e. The third-order valence-electron chi connectivity index (χ3n) is 6.10. The van der Waals surface area contributed by atoms with Crippen LogP contribution < -0.4 is 4.90 Å². The molecular weight excluding hydrogens is 380 g/mol. The van der Waals surface area contributed by atoms with Crippen LogP contribution in [0.15, 0.2) is 42.1 Å². The van der Waals surface area contributed by atoms with Crippen LogP contribution in [0.1, 0.15) is 63.3 Å². The van der Waals surface area contributed by atoms with Crippen molar-refractivity contribution in [2.45, 2.75) is 81.3 Å². The topological polar surface area (TPSA) is 51.0 Å². The Morgan fingerprint density at radius 1 is 1.28 bits per heavy atom. The van der Waals surface area contributed by atoms with Gasteiger partial charge in [0.15, 0.2) is 5.16 Å². The fraction of sp³-hybridized carbons (Fsp3) is 0.522. The highest BCUT2D eigenvalue weighted by atomic mass is 32.2. The Kier molecular flexibility index (Phi) is 6.09. The first-order valence-electron chi connectivity index (χ1n) is 10.7. The Morgan fingerprint density at radius 3 is 2.79 bits per heavy atom. The minimum absolute atomic E-state index is 0.139. The van der Waals surface area contributed by atoms with Gasteiger partial charge in [-0.05, 0) is 44.7 Å². The van der Waals surface area contributed by atoms with Crippen LogP contribution >= 0.6 is 11.8 Å². The molecule has 0 spiro atoms. The number of fused-ring (bicyclic) bond motifs is 1. The highest BCUT2D eigenvalue weighted by molar-refractivity contribution is 8.00. The van der Waals surface area contributed by atoms with E-state index in [1.807, 2.05) is 30.0 Å². The van der Waals surface area contributed by atoms with Gasteiger partial charge < -0.3 is 9.47 Å². The lowest BCUT2D eigenvalue weighted by molar-refractivity contribution is -0.118. The van der Waals surface area contributed by atoms with Crippen LogP contribution in [-0.2, 0) is 17.8 Å². The SMILES string of the molecule is C=CCn1c(S[C@@H](C)C(=O)N2c3ccccc3C[C@H]2C)nnc1C1CCCCC1. The number of allylic oxidation sites excluding steroid dienone is 1. The molecule has 1 saturated carbocycles. The van der Waals surface area contributed by atoms with E-state index in [1.54, 1.807) is 0 Å². The monoisotopic (exact) mass is 410 g/mol. The van der Waals surface area contributed by atoms with Gasteiger partial charge >= 0.3 is 0 Å². The summed E-state index contributed by atoms with van der Waals surface area (Å²) in [7, 11) is 0. The summed E-state index contributed by atoms with van der Waals surface area (Å²) >= 11 is 1.52. The lowest BCUT2D eigenvalue weighted by Crippen LogP contribution is -2.40. The van der Waals surface area contributed by atoms with E-state index in [1.165, 1.54) is 49.4 Å². The molecule has 0 unspecified atom stereocenters. The molecule has 29 heavy (non-hydrogen) atoms. The number of carbonyl (C=O) groups excluding carboxylic acids is 1. The molecule has 1 amide bonds. The van der Waals surface area contributed by atoms with E-state index in [0.29, 0.717) is 12.5 Å². The van der Waals surface area contributed by atoms with Gasteiger partial charge in [0.2, 0.25) is 5.91 Å². The number of thioether (sulfide) groups is 1. The van der Waals surface area contributed by atoms with E-state index in [2.05, 4.69) is 40.4 Å². The molecule has 4 rings (SSSR count). The van der Waals surface area contributed by atoms with Gasteiger partial charge in [-0.25, -0.2) is 0 Å². The molecule has 154 valence electrons. The molecule has 2 atom stereocenters. The van der Waals surface area contributed by atoms with Crippen molar-refractivity contribution < 1.29 is 4.79 Å². The molecule has 0 N–H and O–H groups in total. The Hall–Kier alpha value is -2.08. The average Bonchev–Trinajstić information content (AvgIpc) is 3.28. The second kappa shape index (κ2) is 8.74. The Balaban J connectivity index is 1.53. The molecule has 2 aliphatic rings. The van der Waals surface area contributed by atoms with Crippen molar-refractivity contribution in [2.24, 2.45) is 0 Å². The molecule has 5 nitrogen and oxygen atoms in total. The highest BCUT2D eigenvalue weighted by Crippen LogP contribution is 2.36. The summed E-state index contributed by atoms with van der Waals surface area (Å²) in [6.45, 7) is 8.70. The van der Waals surface area contributed by atoms with Crippen LogP contribution in [0.2, 0.25) is 0 Å². The first kappa shape index (κ1) is 20.2. The molecule has 2 aromatic rings. The first-order valence-corrected chi connectivity index (χ1v) is 11.6.